The summed E-state index contributed by atoms with van der Waals surface area (Å²) >= 11 is 5.97. The Labute approximate surface area is 125 Å². The van der Waals surface area contributed by atoms with E-state index in [-0.39, 0.29) is 5.91 Å². The van der Waals surface area contributed by atoms with E-state index in [1.807, 2.05) is 29.2 Å². The van der Waals surface area contributed by atoms with Crippen molar-refractivity contribution < 1.29 is 4.79 Å². The maximum Gasteiger partial charge on any atom is 0.270 e. The molecule has 2 N–H and O–H groups in total. The van der Waals surface area contributed by atoms with Crippen LogP contribution in [0.5, 0.6) is 0 Å². The van der Waals surface area contributed by atoms with Gasteiger partial charge in [0.05, 0.1) is 6.20 Å². The lowest BCUT2D eigenvalue weighted by molar-refractivity contribution is 0.0729. The van der Waals surface area contributed by atoms with Gasteiger partial charge in [-0.2, -0.15) is 5.10 Å². The molecule has 1 aliphatic heterocycles. The number of aromatic nitrogens is 3. The zero-order valence-corrected chi connectivity index (χ0v) is 11.9. The Morgan fingerprint density at radius 1 is 1.33 bits per heavy atom. The van der Waals surface area contributed by atoms with E-state index in [4.69, 9.17) is 11.6 Å². The first kappa shape index (κ1) is 12.5. The number of amides is 1. The molecule has 0 saturated heterocycles. The summed E-state index contributed by atoms with van der Waals surface area (Å²) in [5.74, 6) is 0.00849. The molecule has 2 aromatic heterocycles. The third-order valence-corrected chi connectivity index (χ3v) is 4.14. The molecule has 5 nitrogen and oxygen atoms in total. The summed E-state index contributed by atoms with van der Waals surface area (Å²) in [7, 11) is 0. The molecule has 3 aromatic rings. The highest BCUT2D eigenvalue weighted by atomic mass is 35.5. The highest BCUT2D eigenvalue weighted by molar-refractivity contribution is 6.31. The maximum atomic E-state index is 12.6. The van der Waals surface area contributed by atoms with Crippen molar-refractivity contribution in [3.05, 3.63) is 52.4 Å². The second kappa shape index (κ2) is 4.63. The number of hydrogen-bond acceptors (Lipinski definition) is 2. The van der Waals surface area contributed by atoms with E-state index >= 15 is 0 Å². The third-order valence-electron chi connectivity index (χ3n) is 3.90. The molecular weight excluding hydrogens is 288 g/mol. The van der Waals surface area contributed by atoms with Gasteiger partial charge in [-0.1, -0.05) is 17.7 Å². The molecule has 0 aliphatic carbocycles. The minimum absolute atomic E-state index is 0.00849. The summed E-state index contributed by atoms with van der Waals surface area (Å²) in [6.45, 7) is 1.30. The van der Waals surface area contributed by atoms with Crippen LogP contribution in [0.15, 0.2) is 30.5 Å². The number of H-pyrrole nitrogens is 2. The van der Waals surface area contributed by atoms with Crippen molar-refractivity contribution in [2.45, 2.75) is 13.0 Å². The van der Waals surface area contributed by atoms with Crippen molar-refractivity contribution in [3.63, 3.8) is 0 Å². The molecule has 4 rings (SSSR count). The summed E-state index contributed by atoms with van der Waals surface area (Å²) in [4.78, 5) is 17.6. The first-order valence-electron chi connectivity index (χ1n) is 6.79. The molecule has 21 heavy (non-hydrogen) atoms. The molecule has 0 bridgehead atoms. The number of carbonyl (C=O) groups is 1. The topological polar surface area (TPSA) is 64.8 Å². The lowest BCUT2D eigenvalue weighted by atomic mass is 10.1. The zero-order chi connectivity index (χ0) is 14.4. The Bertz CT molecular complexity index is 835. The van der Waals surface area contributed by atoms with E-state index < -0.39 is 0 Å². The second-order valence-corrected chi connectivity index (χ2v) is 5.70. The standard InChI is InChI=1S/C15H13ClN4O/c16-11-2-1-9-5-14(18-13(9)6-11)15(21)20-4-3-12-10(8-20)7-17-19-12/h1-2,5-7,18H,3-4,8H2,(H,17,19). The monoisotopic (exact) mass is 300 g/mol. The normalized spacial score (nSPS) is 14.4. The highest BCUT2D eigenvalue weighted by Gasteiger charge is 2.23. The van der Waals surface area contributed by atoms with Gasteiger partial charge in [0.25, 0.3) is 5.91 Å². The number of nitrogens with one attached hydrogen (secondary N) is 2. The predicted octanol–water partition coefficient (Wildman–Crippen LogP) is 2.74. The first-order chi connectivity index (χ1) is 10.2. The van der Waals surface area contributed by atoms with E-state index in [0.717, 1.165) is 28.6 Å². The first-order valence-corrected chi connectivity index (χ1v) is 7.17. The van der Waals surface area contributed by atoms with Crippen molar-refractivity contribution >= 4 is 28.4 Å². The van der Waals surface area contributed by atoms with Crippen LogP contribution in [0.1, 0.15) is 21.7 Å². The van der Waals surface area contributed by atoms with Gasteiger partial charge in [0.2, 0.25) is 0 Å². The van der Waals surface area contributed by atoms with Crippen molar-refractivity contribution in [1.29, 1.82) is 0 Å². The molecule has 0 unspecified atom stereocenters. The number of benzene rings is 1. The van der Waals surface area contributed by atoms with Crippen LogP contribution in [0.25, 0.3) is 10.9 Å². The summed E-state index contributed by atoms with van der Waals surface area (Å²) in [6, 6.07) is 7.44. The molecule has 1 aliphatic rings. The van der Waals surface area contributed by atoms with Gasteiger partial charge in [-0.25, -0.2) is 0 Å². The molecule has 3 heterocycles. The van der Waals surface area contributed by atoms with Crippen LogP contribution in [-0.2, 0) is 13.0 Å². The molecule has 0 saturated carbocycles. The quantitative estimate of drug-likeness (QED) is 0.726. The van der Waals surface area contributed by atoms with Gasteiger partial charge in [0, 0.05) is 46.7 Å². The van der Waals surface area contributed by atoms with Gasteiger partial charge in [-0.15, -0.1) is 0 Å². The molecule has 0 fully saturated rings. The van der Waals surface area contributed by atoms with Crippen LogP contribution in [-0.4, -0.2) is 32.5 Å². The Hall–Kier alpha value is -2.27. The van der Waals surface area contributed by atoms with E-state index in [0.29, 0.717) is 23.8 Å². The van der Waals surface area contributed by atoms with Gasteiger partial charge >= 0.3 is 0 Å². The van der Waals surface area contributed by atoms with E-state index in [1.165, 1.54) is 0 Å². The molecule has 0 spiro atoms. The summed E-state index contributed by atoms with van der Waals surface area (Å²) in [6.07, 6.45) is 2.60. The van der Waals surface area contributed by atoms with Crippen molar-refractivity contribution in [1.82, 2.24) is 20.1 Å². The fraction of sp³-hybridized carbons (Fsp3) is 0.200. The number of halogens is 1. The van der Waals surface area contributed by atoms with Gasteiger partial charge < -0.3 is 9.88 Å². The predicted molar refractivity (Wildman–Crippen MR) is 80.3 cm³/mol. The fourth-order valence-corrected chi connectivity index (χ4v) is 2.95. The Morgan fingerprint density at radius 2 is 2.24 bits per heavy atom. The number of nitrogens with zero attached hydrogens (tertiary/aromatic N) is 2. The maximum absolute atomic E-state index is 12.6. The Morgan fingerprint density at radius 3 is 3.14 bits per heavy atom. The molecule has 1 aromatic carbocycles. The lowest BCUT2D eigenvalue weighted by Crippen LogP contribution is -2.35. The molecule has 106 valence electrons. The van der Waals surface area contributed by atoms with Crippen LogP contribution < -0.4 is 0 Å². The number of rotatable bonds is 1. The highest BCUT2D eigenvalue weighted by Crippen LogP contribution is 2.22. The summed E-state index contributed by atoms with van der Waals surface area (Å²) < 4.78 is 0. The smallest absolute Gasteiger partial charge is 0.270 e. The fourth-order valence-electron chi connectivity index (χ4n) is 2.78. The van der Waals surface area contributed by atoms with E-state index in [1.54, 1.807) is 6.20 Å². The molecule has 1 amide bonds. The van der Waals surface area contributed by atoms with Gasteiger partial charge in [-0.3, -0.25) is 9.89 Å². The summed E-state index contributed by atoms with van der Waals surface area (Å²) in [5.41, 5.74) is 3.70. The van der Waals surface area contributed by atoms with Gasteiger partial charge in [0.1, 0.15) is 5.69 Å². The average molecular weight is 301 g/mol. The minimum Gasteiger partial charge on any atom is -0.350 e. The SMILES string of the molecule is O=C(c1cc2ccc(Cl)cc2[nH]1)N1CCc2[nH]ncc2C1. The Balaban J connectivity index is 1.64. The van der Waals surface area contributed by atoms with Crippen LogP contribution in [0.4, 0.5) is 0 Å². The average Bonchev–Trinajstić information content (AvgIpc) is 3.11. The van der Waals surface area contributed by atoms with Crippen molar-refractivity contribution in [3.8, 4) is 0 Å². The zero-order valence-electron chi connectivity index (χ0n) is 11.2. The molecule has 6 heteroatoms. The van der Waals surface area contributed by atoms with E-state index in [2.05, 4.69) is 15.2 Å². The van der Waals surface area contributed by atoms with E-state index in [9.17, 15) is 4.79 Å². The second-order valence-electron chi connectivity index (χ2n) is 5.27. The lowest BCUT2D eigenvalue weighted by Gasteiger charge is -2.26. The van der Waals surface area contributed by atoms with Crippen LogP contribution in [0.2, 0.25) is 5.02 Å². The molecule has 0 atom stereocenters. The summed E-state index contributed by atoms with van der Waals surface area (Å²) in [5, 5.41) is 8.65. The van der Waals surface area contributed by atoms with Crippen LogP contribution in [0, 0.1) is 0 Å². The Kier molecular flexibility index (Phi) is 2.75. The largest absolute Gasteiger partial charge is 0.350 e. The minimum atomic E-state index is 0.00849. The van der Waals surface area contributed by atoms with Crippen LogP contribution >= 0.6 is 11.6 Å². The van der Waals surface area contributed by atoms with Gasteiger partial charge in [-0.05, 0) is 18.2 Å². The third kappa shape index (κ3) is 2.10. The molecular formula is C15H13ClN4O. The van der Waals surface area contributed by atoms with Crippen LogP contribution in [0.3, 0.4) is 0 Å². The number of carbonyl (C=O) groups excluding carboxylic acids is 1. The number of fused-ring (bicyclic) bond motifs is 2. The molecule has 0 radical (unpaired) electrons. The number of hydrogen-bond donors (Lipinski definition) is 2. The van der Waals surface area contributed by atoms with Gasteiger partial charge in [0.15, 0.2) is 0 Å². The number of aromatic amines is 2. The van der Waals surface area contributed by atoms with Crippen molar-refractivity contribution in [2.75, 3.05) is 6.54 Å². The van der Waals surface area contributed by atoms with Crippen molar-refractivity contribution in [2.24, 2.45) is 0 Å².